The minimum absolute atomic E-state index is 0.0369. The Morgan fingerprint density at radius 3 is 2.62 bits per heavy atom. The van der Waals surface area contributed by atoms with Gasteiger partial charge in [-0.3, -0.25) is 4.79 Å². The topological polar surface area (TPSA) is 76.4 Å². The summed E-state index contributed by atoms with van der Waals surface area (Å²) >= 11 is 1.58. The average Bonchev–Trinajstić information content (AvgIpc) is 3.29. The molecule has 5 nitrogen and oxygen atoms in total. The number of hydrogen-bond acceptors (Lipinski definition) is 5. The zero-order chi connectivity index (χ0) is 18.6. The first-order valence-electron chi connectivity index (χ1n) is 8.09. The molecule has 0 spiro atoms. The van der Waals surface area contributed by atoms with E-state index < -0.39 is 9.84 Å². The molecule has 26 heavy (non-hydrogen) atoms. The molecule has 1 aromatic carbocycles. The molecule has 0 unspecified atom stereocenters. The van der Waals surface area contributed by atoms with Crippen LogP contribution >= 0.6 is 11.3 Å². The Morgan fingerprint density at radius 1 is 1.19 bits per heavy atom. The van der Waals surface area contributed by atoms with Crippen LogP contribution in [0.15, 0.2) is 63.4 Å². The van der Waals surface area contributed by atoms with Gasteiger partial charge in [0, 0.05) is 28.5 Å². The highest BCUT2D eigenvalue weighted by molar-refractivity contribution is 7.90. The van der Waals surface area contributed by atoms with Crippen molar-refractivity contribution >= 4 is 27.1 Å². The van der Waals surface area contributed by atoms with Crippen LogP contribution in [-0.2, 0) is 27.6 Å². The summed E-state index contributed by atoms with van der Waals surface area (Å²) in [5, 5.41) is 4.91. The van der Waals surface area contributed by atoms with E-state index in [2.05, 4.69) is 5.32 Å². The molecule has 0 atom stereocenters. The van der Waals surface area contributed by atoms with Gasteiger partial charge in [0.25, 0.3) is 0 Å². The zero-order valence-electron chi connectivity index (χ0n) is 14.3. The van der Waals surface area contributed by atoms with Crippen LogP contribution in [0.25, 0.3) is 11.3 Å². The van der Waals surface area contributed by atoms with E-state index in [-0.39, 0.29) is 10.8 Å². The molecule has 0 saturated heterocycles. The van der Waals surface area contributed by atoms with Crippen LogP contribution in [0.2, 0.25) is 0 Å². The summed E-state index contributed by atoms with van der Waals surface area (Å²) in [6, 6.07) is 12.4. The molecule has 3 aromatic rings. The molecule has 2 heterocycles. The predicted octanol–water partition coefficient (Wildman–Crippen LogP) is 3.66. The largest absolute Gasteiger partial charge is 0.464 e. The van der Waals surface area contributed by atoms with E-state index in [0.29, 0.717) is 19.4 Å². The molecule has 0 aliphatic heterocycles. The number of hydrogen-bond donors (Lipinski definition) is 1. The van der Waals surface area contributed by atoms with Crippen molar-refractivity contribution in [3.8, 4) is 11.3 Å². The summed E-state index contributed by atoms with van der Waals surface area (Å²) in [5.74, 6) is 0.779. The van der Waals surface area contributed by atoms with Gasteiger partial charge in [0.1, 0.15) is 5.76 Å². The molecular formula is C19H19NO4S2. The van der Waals surface area contributed by atoms with Crippen molar-refractivity contribution in [2.45, 2.75) is 24.3 Å². The first-order chi connectivity index (χ1) is 12.4. The molecule has 0 aliphatic carbocycles. The maximum absolute atomic E-state index is 12.0. The smallest absolute Gasteiger partial charge is 0.220 e. The number of nitrogens with one attached hydrogen (secondary N) is 1. The lowest BCUT2D eigenvalue weighted by Crippen LogP contribution is -2.22. The first-order valence-corrected chi connectivity index (χ1v) is 10.9. The van der Waals surface area contributed by atoms with E-state index in [1.165, 1.54) is 6.26 Å². The van der Waals surface area contributed by atoms with Crippen molar-refractivity contribution in [1.29, 1.82) is 0 Å². The third-order valence-electron chi connectivity index (χ3n) is 3.91. The van der Waals surface area contributed by atoms with Gasteiger partial charge >= 0.3 is 0 Å². The Morgan fingerprint density at radius 2 is 1.96 bits per heavy atom. The quantitative estimate of drug-likeness (QED) is 0.669. The Labute approximate surface area is 156 Å². The number of furan rings is 1. The monoisotopic (exact) mass is 389 g/mol. The first kappa shape index (κ1) is 18.4. The molecule has 1 N–H and O–H groups in total. The Kier molecular flexibility index (Phi) is 5.58. The molecule has 3 rings (SSSR count). The van der Waals surface area contributed by atoms with Gasteiger partial charge in [-0.2, -0.15) is 0 Å². The fourth-order valence-corrected chi connectivity index (χ4v) is 3.92. The van der Waals surface area contributed by atoms with Crippen LogP contribution in [0.4, 0.5) is 0 Å². The summed E-state index contributed by atoms with van der Waals surface area (Å²) in [5.41, 5.74) is 1.94. The summed E-state index contributed by atoms with van der Waals surface area (Å²) in [4.78, 5) is 13.4. The van der Waals surface area contributed by atoms with Crippen LogP contribution in [-0.4, -0.2) is 20.6 Å². The normalized spacial score (nSPS) is 11.4. The number of carbonyl (C=O) groups excluding carboxylic acids is 1. The van der Waals surface area contributed by atoms with Crippen LogP contribution in [0, 0.1) is 0 Å². The van der Waals surface area contributed by atoms with E-state index in [9.17, 15) is 13.2 Å². The maximum atomic E-state index is 12.0. The van der Waals surface area contributed by atoms with Crippen LogP contribution in [0.1, 0.15) is 16.9 Å². The fraction of sp³-hybridized carbons (Fsp3) is 0.211. The molecule has 136 valence electrons. The number of benzene rings is 1. The highest BCUT2D eigenvalue weighted by atomic mass is 32.2. The van der Waals surface area contributed by atoms with Crippen LogP contribution in [0.5, 0.6) is 0 Å². The molecule has 0 aliphatic rings. The average molecular weight is 389 g/mol. The molecule has 0 fully saturated rings. The summed E-state index contributed by atoms with van der Waals surface area (Å²) in [6.07, 6.45) is 3.74. The second kappa shape index (κ2) is 7.88. The lowest BCUT2D eigenvalue weighted by atomic mass is 10.1. The second-order valence-electron chi connectivity index (χ2n) is 5.97. The van der Waals surface area contributed by atoms with E-state index >= 15 is 0 Å². The standard InChI is InChI=1S/C19H19NO4S2/c1-26(22,23)17-7-4-14(5-8-17)6-9-19(21)20-12-16-11-15(13-25-16)18-3-2-10-24-18/h2-5,7-8,10-11,13H,6,9,12H2,1H3,(H,20,21). The minimum atomic E-state index is -3.19. The van der Waals surface area contributed by atoms with Gasteiger partial charge in [0.15, 0.2) is 9.84 Å². The molecule has 7 heteroatoms. The Hall–Kier alpha value is -2.38. The summed E-state index contributed by atoms with van der Waals surface area (Å²) in [7, 11) is -3.19. The number of amides is 1. The van der Waals surface area contributed by atoms with Crippen molar-refractivity contribution < 1.29 is 17.6 Å². The van der Waals surface area contributed by atoms with Gasteiger partial charge in [-0.25, -0.2) is 8.42 Å². The highest BCUT2D eigenvalue weighted by Crippen LogP contribution is 2.25. The second-order valence-corrected chi connectivity index (χ2v) is 8.98. The molecule has 1 amide bonds. The third kappa shape index (κ3) is 4.83. The molecule has 2 aromatic heterocycles. The lowest BCUT2D eigenvalue weighted by Gasteiger charge is -2.05. The van der Waals surface area contributed by atoms with Crippen LogP contribution in [0.3, 0.4) is 0 Å². The van der Waals surface area contributed by atoms with Gasteiger partial charge in [-0.15, -0.1) is 11.3 Å². The summed E-state index contributed by atoms with van der Waals surface area (Å²) in [6.45, 7) is 0.483. The van der Waals surface area contributed by atoms with Gasteiger partial charge in [0.05, 0.1) is 17.7 Å². The molecule has 0 saturated carbocycles. The minimum Gasteiger partial charge on any atom is -0.464 e. The van der Waals surface area contributed by atoms with Gasteiger partial charge in [-0.05, 0) is 42.3 Å². The Balaban J connectivity index is 1.47. The van der Waals surface area contributed by atoms with Crippen molar-refractivity contribution in [3.05, 3.63) is 64.5 Å². The third-order valence-corrected chi connectivity index (χ3v) is 5.98. The molecule has 0 bridgehead atoms. The number of aryl methyl sites for hydroxylation is 1. The number of rotatable bonds is 7. The highest BCUT2D eigenvalue weighted by Gasteiger charge is 2.09. The molecule has 0 radical (unpaired) electrons. The SMILES string of the molecule is CS(=O)(=O)c1ccc(CCC(=O)NCc2cc(-c3ccco3)cs2)cc1. The van der Waals surface area contributed by atoms with Crippen molar-refractivity contribution in [3.63, 3.8) is 0 Å². The predicted molar refractivity (Wildman–Crippen MR) is 102 cm³/mol. The van der Waals surface area contributed by atoms with Crippen molar-refractivity contribution in [1.82, 2.24) is 5.32 Å². The van der Waals surface area contributed by atoms with E-state index in [1.54, 1.807) is 41.9 Å². The number of sulfone groups is 1. The van der Waals surface area contributed by atoms with Crippen LogP contribution < -0.4 is 5.32 Å². The maximum Gasteiger partial charge on any atom is 0.220 e. The lowest BCUT2D eigenvalue weighted by molar-refractivity contribution is -0.121. The van der Waals surface area contributed by atoms with Crippen molar-refractivity contribution in [2.75, 3.05) is 6.26 Å². The van der Waals surface area contributed by atoms with Crippen molar-refractivity contribution in [2.24, 2.45) is 0 Å². The zero-order valence-corrected chi connectivity index (χ0v) is 15.9. The molecular weight excluding hydrogens is 370 g/mol. The van der Waals surface area contributed by atoms with E-state index in [4.69, 9.17) is 4.42 Å². The van der Waals surface area contributed by atoms with Gasteiger partial charge < -0.3 is 9.73 Å². The van der Waals surface area contributed by atoms with E-state index in [0.717, 1.165) is 21.8 Å². The summed E-state index contributed by atoms with van der Waals surface area (Å²) < 4.78 is 28.2. The van der Waals surface area contributed by atoms with Gasteiger partial charge in [0.2, 0.25) is 5.91 Å². The van der Waals surface area contributed by atoms with E-state index in [1.807, 2.05) is 23.6 Å². The fourth-order valence-electron chi connectivity index (χ4n) is 2.48. The number of carbonyl (C=O) groups is 1. The Bertz CT molecular complexity index is 971. The van der Waals surface area contributed by atoms with Gasteiger partial charge in [-0.1, -0.05) is 12.1 Å². The number of thiophene rings is 1.